The van der Waals surface area contributed by atoms with Crippen LogP contribution in [-0.4, -0.2) is 11.0 Å². The molecule has 3 nitrogen and oxygen atoms in total. The van der Waals surface area contributed by atoms with Crippen LogP contribution in [0, 0.1) is 44.6 Å². The van der Waals surface area contributed by atoms with Crippen molar-refractivity contribution in [3.8, 4) is 0 Å². The zero-order valence-electron chi connectivity index (χ0n) is 14.2. The fourth-order valence-corrected chi connectivity index (χ4v) is 7.42. The molecule has 0 aromatic rings. The van der Waals surface area contributed by atoms with E-state index in [0.29, 0.717) is 16.7 Å². The first-order valence-electron chi connectivity index (χ1n) is 9.57. The van der Waals surface area contributed by atoms with Gasteiger partial charge in [0.25, 0.3) is 0 Å². The van der Waals surface area contributed by atoms with E-state index in [0.717, 1.165) is 37.0 Å². The average Bonchev–Trinajstić information content (AvgIpc) is 2.88. The molecule has 0 amide bonds. The van der Waals surface area contributed by atoms with E-state index >= 15 is 0 Å². The molecule has 1 unspecified atom stereocenters. The Balaban J connectivity index is 1.58. The number of hydrogen-bond donors (Lipinski definition) is 0. The maximum atomic E-state index is 11.2. The molecule has 22 heavy (non-hydrogen) atoms. The number of fused-ring (bicyclic) bond motifs is 5. The van der Waals surface area contributed by atoms with Crippen molar-refractivity contribution in [1.82, 2.24) is 0 Å². The predicted octanol–water partition coefficient (Wildman–Crippen LogP) is 5.06. The monoisotopic (exact) mass is 305 g/mol. The minimum atomic E-state index is -0.255. The van der Waals surface area contributed by atoms with E-state index in [2.05, 4.69) is 13.8 Å². The Kier molecular flexibility index (Phi) is 3.36. The average molecular weight is 305 g/mol. The molecule has 0 bridgehead atoms. The topological polar surface area (TPSA) is 43.1 Å². The first-order chi connectivity index (χ1) is 10.4. The smallest absolute Gasteiger partial charge is 0.213 e. The third kappa shape index (κ3) is 1.99. The summed E-state index contributed by atoms with van der Waals surface area (Å²) in [7, 11) is 0. The molecule has 0 heterocycles. The fraction of sp³-hybridized carbons (Fsp3) is 1.00. The van der Waals surface area contributed by atoms with Crippen molar-refractivity contribution in [2.45, 2.75) is 84.1 Å². The molecule has 4 rings (SSSR count). The zero-order valence-corrected chi connectivity index (χ0v) is 14.2. The van der Waals surface area contributed by atoms with Gasteiger partial charge in [0.2, 0.25) is 6.04 Å². The number of nitro groups is 1. The van der Waals surface area contributed by atoms with Crippen molar-refractivity contribution < 1.29 is 4.92 Å². The molecule has 124 valence electrons. The molecule has 0 N–H and O–H groups in total. The second-order valence-corrected chi connectivity index (χ2v) is 9.46. The van der Waals surface area contributed by atoms with Crippen LogP contribution in [0.1, 0.15) is 78.1 Å². The molecule has 0 saturated heterocycles. The summed E-state index contributed by atoms with van der Waals surface area (Å²) in [4.78, 5) is 11.2. The molecule has 4 saturated carbocycles. The van der Waals surface area contributed by atoms with E-state index in [1.807, 2.05) is 0 Å². The quantitative estimate of drug-likeness (QED) is 0.501. The van der Waals surface area contributed by atoms with Gasteiger partial charge < -0.3 is 0 Å². The van der Waals surface area contributed by atoms with Gasteiger partial charge in [-0.15, -0.1) is 0 Å². The van der Waals surface area contributed by atoms with Crippen molar-refractivity contribution >= 4 is 0 Å². The second kappa shape index (κ2) is 4.95. The standard InChI is InChI=1S/C19H31NO2/c1-18-9-3-4-16(18)15-6-5-13-12-14(20(21)22)7-11-19(13,2)17(15)8-10-18/h13-17H,3-12H2,1-2H3/t13-,14?,15-,16-,17-,18-,19-/m0/s1. The van der Waals surface area contributed by atoms with Crippen LogP contribution >= 0.6 is 0 Å². The van der Waals surface area contributed by atoms with Crippen LogP contribution in [0.3, 0.4) is 0 Å². The Hall–Kier alpha value is -0.600. The molecule has 4 aliphatic carbocycles. The largest absolute Gasteiger partial charge is 0.264 e. The van der Waals surface area contributed by atoms with Crippen LogP contribution in [0.15, 0.2) is 0 Å². The summed E-state index contributed by atoms with van der Waals surface area (Å²) >= 11 is 0. The molecule has 4 aliphatic rings. The van der Waals surface area contributed by atoms with Crippen molar-refractivity contribution in [2.75, 3.05) is 0 Å². The highest BCUT2D eigenvalue weighted by atomic mass is 16.6. The molecule has 0 radical (unpaired) electrons. The molecule has 0 aromatic heterocycles. The van der Waals surface area contributed by atoms with E-state index in [9.17, 15) is 10.1 Å². The van der Waals surface area contributed by atoms with E-state index in [-0.39, 0.29) is 11.0 Å². The highest BCUT2D eigenvalue weighted by Crippen LogP contribution is 2.66. The molecule has 3 heteroatoms. The van der Waals surface area contributed by atoms with Crippen molar-refractivity contribution in [2.24, 2.45) is 34.5 Å². The van der Waals surface area contributed by atoms with E-state index in [1.165, 1.54) is 44.9 Å². The maximum absolute atomic E-state index is 11.2. The molecule has 0 aliphatic heterocycles. The normalized spacial score (nSPS) is 54.2. The summed E-state index contributed by atoms with van der Waals surface area (Å²) in [6, 6.07) is -0.255. The van der Waals surface area contributed by atoms with Gasteiger partial charge in [0.1, 0.15) is 0 Å². The van der Waals surface area contributed by atoms with Crippen LogP contribution in [0.2, 0.25) is 0 Å². The van der Waals surface area contributed by atoms with Gasteiger partial charge in [-0.05, 0) is 79.4 Å². The van der Waals surface area contributed by atoms with Gasteiger partial charge in [0.15, 0.2) is 0 Å². The molecule has 4 fully saturated rings. The van der Waals surface area contributed by atoms with Crippen LogP contribution in [0.4, 0.5) is 0 Å². The lowest BCUT2D eigenvalue weighted by atomic mass is 9.45. The van der Waals surface area contributed by atoms with Gasteiger partial charge in [0.05, 0.1) is 0 Å². The summed E-state index contributed by atoms with van der Waals surface area (Å²) in [6.07, 6.45) is 12.6. The first-order valence-corrected chi connectivity index (χ1v) is 9.57. The van der Waals surface area contributed by atoms with Gasteiger partial charge in [-0.1, -0.05) is 20.3 Å². The number of hydrogen-bond acceptors (Lipinski definition) is 2. The van der Waals surface area contributed by atoms with Crippen molar-refractivity contribution in [3.05, 3.63) is 10.1 Å². The van der Waals surface area contributed by atoms with E-state index in [1.54, 1.807) is 0 Å². The third-order valence-corrected chi connectivity index (χ3v) is 8.72. The lowest BCUT2D eigenvalue weighted by molar-refractivity contribution is -0.531. The van der Waals surface area contributed by atoms with E-state index < -0.39 is 0 Å². The summed E-state index contributed by atoms with van der Waals surface area (Å²) < 4.78 is 0. The van der Waals surface area contributed by atoms with Gasteiger partial charge in [0, 0.05) is 17.8 Å². The Bertz CT molecular complexity index is 478. The summed E-state index contributed by atoms with van der Waals surface area (Å²) in [5, 5.41) is 11.2. The fourth-order valence-electron chi connectivity index (χ4n) is 7.42. The molecular weight excluding hydrogens is 274 g/mol. The number of nitrogens with zero attached hydrogens (tertiary/aromatic N) is 1. The van der Waals surface area contributed by atoms with Crippen molar-refractivity contribution in [3.63, 3.8) is 0 Å². The van der Waals surface area contributed by atoms with Crippen LogP contribution in [-0.2, 0) is 0 Å². The lowest BCUT2D eigenvalue weighted by Crippen LogP contribution is -2.53. The first kappa shape index (κ1) is 15.0. The maximum Gasteiger partial charge on any atom is 0.213 e. The lowest BCUT2D eigenvalue weighted by Gasteiger charge is -2.60. The molecule has 7 atom stereocenters. The SMILES string of the molecule is C[C@@]12CCC[C@H]1[C@@H]1CC[C@H]3CC([N+](=O)[O-])CC[C@]3(C)[C@H]1CC2. The van der Waals surface area contributed by atoms with Gasteiger partial charge in [-0.3, -0.25) is 10.1 Å². The Morgan fingerprint density at radius 3 is 2.55 bits per heavy atom. The van der Waals surface area contributed by atoms with Gasteiger partial charge in [-0.2, -0.15) is 0 Å². The highest BCUT2D eigenvalue weighted by Gasteiger charge is 2.58. The Morgan fingerprint density at radius 2 is 1.77 bits per heavy atom. The predicted molar refractivity (Wildman–Crippen MR) is 87.1 cm³/mol. The number of rotatable bonds is 1. The molecular formula is C19H31NO2. The highest BCUT2D eigenvalue weighted by molar-refractivity contribution is 5.07. The van der Waals surface area contributed by atoms with Gasteiger partial charge >= 0.3 is 0 Å². The minimum absolute atomic E-state index is 0.000573. The Morgan fingerprint density at radius 1 is 0.955 bits per heavy atom. The second-order valence-electron chi connectivity index (χ2n) is 9.46. The van der Waals surface area contributed by atoms with Crippen molar-refractivity contribution in [1.29, 1.82) is 0 Å². The van der Waals surface area contributed by atoms with Crippen LogP contribution in [0.25, 0.3) is 0 Å². The molecule has 0 aromatic carbocycles. The van der Waals surface area contributed by atoms with E-state index in [4.69, 9.17) is 0 Å². The summed E-state index contributed by atoms with van der Waals surface area (Å²) in [5.41, 5.74) is 1.03. The van der Waals surface area contributed by atoms with Crippen LogP contribution in [0.5, 0.6) is 0 Å². The third-order valence-electron chi connectivity index (χ3n) is 8.72. The minimum Gasteiger partial charge on any atom is -0.264 e. The summed E-state index contributed by atoms with van der Waals surface area (Å²) in [6.45, 7) is 5.06. The van der Waals surface area contributed by atoms with Crippen LogP contribution < -0.4 is 0 Å². The van der Waals surface area contributed by atoms with Gasteiger partial charge in [-0.25, -0.2) is 0 Å². The Labute approximate surface area is 134 Å². The zero-order chi connectivity index (χ0) is 15.5. The summed E-state index contributed by atoms with van der Waals surface area (Å²) in [5.74, 6) is 3.35. The molecule has 0 spiro atoms.